The molecule has 20 heavy (non-hydrogen) atoms. The molecule has 0 radical (unpaired) electrons. The molecule has 2 N–H and O–H groups in total. The van der Waals surface area contributed by atoms with Crippen molar-refractivity contribution in [3.8, 4) is 0 Å². The van der Waals surface area contributed by atoms with Crippen LogP contribution in [0.4, 0.5) is 0 Å². The number of hydrogen-bond donors (Lipinski definition) is 2. The summed E-state index contributed by atoms with van der Waals surface area (Å²) in [6.45, 7) is 4.72. The third kappa shape index (κ3) is 3.40. The monoisotopic (exact) mass is 296 g/mol. The van der Waals surface area contributed by atoms with E-state index in [9.17, 15) is 8.42 Å². The molecule has 1 fully saturated rings. The third-order valence-electron chi connectivity index (χ3n) is 4.07. The number of sulfonamides is 1. The van der Waals surface area contributed by atoms with Crippen LogP contribution in [0, 0.1) is 12.8 Å². The van der Waals surface area contributed by atoms with E-state index in [2.05, 4.69) is 17.0 Å². The van der Waals surface area contributed by atoms with E-state index in [4.69, 9.17) is 0 Å². The van der Waals surface area contributed by atoms with E-state index in [0.717, 1.165) is 30.4 Å². The van der Waals surface area contributed by atoms with Gasteiger partial charge in [0.1, 0.15) is 0 Å². The lowest BCUT2D eigenvalue weighted by atomic mass is 10.1. The normalized spacial score (nSPS) is 23.1. The Kier molecular flexibility index (Phi) is 4.83. The zero-order chi connectivity index (χ0) is 14.8. The van der Waals surface area contributed by atoms with Gasteiger partial charge in [0.25, 0.3) is 0 Å². The second kappa shape index (κ2) is 6.24. The van der Waals surface area contributed by atoms with Gasteiger partial charge in [0.05, 0.1) is 4.90 Å². The van der Waals surface area contributed by atoms with Crippen molar-refractivity contribution in [1.82, 2.24) is 10.0 Å². The Morgan fingerprint density at radius 1 is 1.30 bits per heavy atom. The molecule has 0 saturated heterocycles. The van der Waals surface area contributed by atoms with E-state index >= 15 is 0 Å². The average Bonchev–Trinajstić information content (AvgIpc) is 2.76. The van der Waals surface area contributed by atoms with Crippen molar-refractivity contribution in [2.24, 2.45) is 5.92 Å². The molecule has 0 aromatic heterocycles. The van der Waals surface area contributed by atoms with Gasteiger partial charge in [0, 0.05) is 12.6 Å². The summed E-state index contributed by atoms with van der Waals surface area (Å²) < 4.78 is 27.9. The number of rotatable bonds is 5. The zero-order valence-corrected chi connectivity index (χ0v) is 13.3. The SMILES string of the molecule is CNCc1cccc(S(=O)(=O)NC2CCC(C)C2)c1C. The maximum Gasteiger partial charge on any atom is 0.241 e. The van der Waals surface area contributed by atoms with E-state index in [-0.39, 0.29) is 6.04 Å². The molecule has 1 saturated carbocycles. The van der Waals surface area contributed by atoms with Crippen molar-refractivity contribution in [1.29, 1.82) is 0 Å². The minimum absolute atomic E-state index is 0.0855. The first kappa shape index (κ1) is 15.5. The van der Waals surface area contributed by atoms with Crippen LogP contribution < -0.4 is 10.0 Å². The fourth-order valence-electron chi connectivity index (χ4n) is 2.93. The molecule has 0 aliphatic heterocycles. The van der Waals surface area contributed by atoms with Crippen LogP contribution in [-0.4, -0.2) is 21.5 Å². The van der Waals surface area contributed by atoms with E-state index in [0.29, 0.717) is 17.4 Å². The minimum Gasteiger partial charge on any atom is -0.316 e. The third-order valence-corrected chi connectivity index (χ3v) is 5.73. The second-order valence-corrected chi connectivity index (χ2v) is 7.49. The number of benzene rings is 1. The van der Waals surface area contributed by atoms with Gasteiger partial charge in [-0.3, -0.25) is 0 Å². The van der Waals surface area contributed by atoms with Gasteiger partial charge in [-0.1, -0.05) is 19.1 Å². The summed E-state index contributed by atoms with van der Waals surface area (Å²) in [5.41, 5.74) is 1.86. The van der Waals surface area contributed by atoms with Crippen LogP contribution in [0.5, 0.6) is 0 Å². The van der Waals surface area contributed by atoms with Crippen molar-refractivity contribution in [3.63, 3.8) is 0 Å². The molecule has 4 nitrogen and oxygen atoms in total. The molecule has 1 aliphatic rings. The number of hydrogen-bond acceptors (Lipinski definition) is 3. The van der Waals surface area contributed by atoms with Crippen molar-refractivity contribution in [3.05, 3.63) is 29.3 Å². The van der Waals surface area contributed by atoms with Gasteiger partial charge >= 0.3 is 0 Å². The van der Waals surface area contributed by atoms with Gasteiger partial charge in [0.2, 0.25) is 10.0 Å². The summed E-state index contributed by atoms with van der Waals surface area (Å²) in [5.74, 6) is 0.611. The molecule has 0 spiro atoms. The van der Waals surface area contributed by atoms with Gasteiger partial charge in [-0.05, 0) is 56.3 Å². The zero-order valence-electron chi connectivity index (χ0n) is 12.4. The smallest absolute Gasteiger partial charge is 0.241 e. The molecule has 112 valence electrons. The lowest BCUT2D eigenvalue weighted by molar-refractivity contribution is 0.538. The predicted molar refractivity (Wildman–Crippen MR) is 81.1 cm³/mol. The first-order valence-corrected chi connectivity index (χ1v) is 8.67. The molecular weight excluding hydrogens is 272 g/mol. The van der Waals surface area contributed by atoms with Crippen LogP contribution in [-0.2, 0) is 16.6 Å². The Morgan fingerprint density at radius 2 is 2.05 bits per heavy atom. The molecule has 0 amide bonds. The molecule has 2 rings (SSSR count). The molecule has 2 atom stereocenters. The van der Waals surface area contributed by atoms with Gasteiger partial charge in [0.15, 0.2) is 0 Å². The van der Waals surface area contributed by atoms with Gasteiger partial charge in [-0.15, -0.1) is 0 Å². The molecule has 5 heteroatoms. The Labute approximate surface area is 122 Å². The van der Waals surface area contributed by atoms with Crippen LogP contribution in [0.3, 0.4) is 0 Å². The molecule has 0 bridgehead atoms. The highest BCUT2D eigenvalue weighted by Crippen LogP contribution is 2.27. The van der Waals surface area contributed by atoms with Gasteiger partial charge in [-0.25, -0.2) is 13.1 Å². The van der Waals surface area contributed by atoms with E-state index in [1.54, 1.807) is 6.07 Å². The molecule has 2 unspecified atom stereocenters. The summed E-state index contributed by atoms with van der Waals surface area (Å²) in [6, 6.07) is 5.55. The van der Waals surface area contributed by atoms with Crippen molar-refractivity contribution >= 4 is 10.0 Å². The predicted octanol–water partition coefficient (Wildman–Crippen LogP) is 2.18. The summed E-state index contributed by atoms with van der Waals surface area (Å²) in [7, 11) is -1.56. The Hall–Kier alpha value is -0.910. The topological polar surface area (TPSA) is 58.2 Å². The molecule has 0 heterocycles. The lowest BCUT2D eigenvalue weighted by Crippen LogP contribution is -2.33. The Bertz CT molecular complexity index is 569. The highest BCUT2D eigenvalue weighted by molar-refractivity contribution is 7.89. The van der Waals surface area contributed by atoms with Crippen molar-refractivity contribution in [2.45, 2.75) is 50.6 Å². The van der Waals surface area contributed by atoms with E-state index in [1.807, 2.05) is 26.1 Å². The van der Waals surface area contributed by atoms with Crippen LogP contribution in [0.2, 0.25) is 0 Å². The van der Waals surface area contributed by atoms with Crippen LogP contribution in [0.1, 0.15) is 37.3 Å². The van der Waals surface area contributed by atoms with Crippen molar-refractivity contribution in [2.75, 3.05) is 7.05 Å². The second-order valence-electron chi connectivity index (χ2n) is 5.81. The highest BCUT2D eigenvalue weighted by atomic mass is 32.2. The lowest BCUT2D eigenvalue weighted by Gasteiger charge is -2.16. The van der Waals surface area contributed by atoms with Crippen LogP contribution >= 0.6 is 0 Å². The quantitative estimate of drug-likeness (QED) is 0.875. The first-order chi connectivity index (χ1) is 9.44. The standard InChI is InChI=1S/C15H24N2O2S/c1-11-7-8-14(9-11)17-20(18,19)15-6-4-5-13(10-16-3)12(15)2/h4-6,11,14,16-17H,7-10H2,1-3H3. The molecule has 1 aromatic carbocycles. The largest absolute Gasteiger partial charge is 0.316 e. The van der Waals surface area contributed by atoms with E-state index in [1.165, 1.54) is 0 Å². The van der Waals surface area contributed by atoms with E-state index < -0.39 is 10.0 Å². The van der Waals surface area contributed by atoms with Crippen LogP contribution in [0.25, 0.3) is 0 Å². The fourth-order valence-corrected chi connectivity index (χ4v) is 4.50. The Balaban J connectivity index is 2.23. The molecule has 1 aromatic rings. The van der Waals surface area contributed by atoms with Crippen molar-refractivity contribution < 1.29 is 8.42 Å². The first-order valence-electron chi connectivity index (χ1n) is 7.19. The summed E-state index contributed by atoms with van der Waals surface area (Å²) >= 11 is 0. The maximum atomic E-state index is 12.5. The van der Waals surface area contributed by atoms with Crippen LogP contribution in [0.15, 0.2) is 23.1 Å². The molecular formula is C15H24N2O2S. The summed E-state index contributed by atoms with van der Waals surface area (Å²) in [4.78, 5) is 0.407. The minimum atomic E-state index is -3.42. The maximum absolute atomic E-state index is 12.5. The van der Waals surface area contributed by atoms with Gasteiger partial charge in [-0.2, -0.15) is 0 Å². The fraction of sp³-hybridized carbons (Fsp3) is 0.600. The number of nitrogens with one attached hydrogen (secondary N) is 2. The average molecular weight is 296 g/mol. The Morgan fingerprint density at radius 3 is 2.65 bits per heavy atom. The van der Waals surface area contributed by atoms with Gasteiger partial charge < -0.3 is 5.32 Å². The molecule has 1 aliphatic carbocycles. The highest BCUT2D eigenvalue weighted by Gasteiger charge is 2.27. The summed E-state index contributed by atoms with van der Waals surface area (Å²) in [6.07, 6.45) is 2.98. The summed E-state index contributed by atoms with van der Waals surface area (Å²) in [5, 5.41) is 3.07.